The first-order valence-electron chi connectivity index (χ1n) is 10.0. The summed E-state index contributed by atoms with van der Waals surface area (Å²) in [5, 5.41) is 0. The highest BCUT2D eigenvalue weighted by Crippen LogP contribution is 2.39. The second kappa shape index (κ2) is 8.61. The van der Waals surface area contributed by atoms with Gasteiger partial charge in [0.15, 0.2) is 0 Å². The average molecular weight is 487 g/mol. The molecule has 0 unspecified atom stereocenters. The zero-order valence-corrected chi connectivity index (χ0v) is 19.2. The average Bonchev–Trinajstić information content (AvgIpc) is 3.15. The van der Waals surface area contributed by atoms with Crippen molar-refractivity contribution in [3.63, 3.8) is 0 Å². The van der Waals surface area contributed by atoms with Crippen LogP contribution in [0.5, 0.6) is 0 Å². The minimum absolute atomic E-state index is 0.279. The SMILES string of the molecule is CCCN(CCC(F)(F)F)C(=O)c1c(C)nc2n1CCN2c1c(C)cc(C)cc1Br. The van der Waals surface area contributed by atoms with Crippen LogP contribution in [-0.4, -0.2) is 46.2 Å². The van der Waals surface area contributed by atoms with Crippen molar-refractivity contribution in [3.05, 3.63) is 39.1 Å². The van der Waals surface area contributed by atoms with Crippen LogP contribution in [0.3, 0.4) is 0 Å². The van der Waals surface area contributed by atoms with Gasteiger partial charge >= 0.3 is 6.18 Å². The minimum atomic E-state index is -4.30. The number of hydrogen-bond acceptors (Lipinski definition) is 3. The minimum Gasteiger partial charge on any atom is -0.337 e. The van der Waals surface area contributed by atoms with E-state index in [4.69, 9.17) is 0 Å². The summed E-state index contributed by atoms with van der Waals surface area (Å²) in [6.45, 7) is 8.76. The lowest BCUT2D eigenvalue weighted by atomic mass is 10.1. The molecule has 5 nitrogen and oxygen atoms in total. The van der Waals surface area contributed by atoms with E-state index < -0.39 is 12.6 Å². The normalized spacial score (nSPS) is 13.7. The van der Waals surface area contributed by atoms with Crippen molar-refractivity contribution in [2.75, 3.05) is 24.5 Å². The molecule has 1 aliphatic heterocycles. The number of carbonyl (C=O) groups is 1. The number of carbonyl (C=O) groups excluding carboxylic acids is 1. The van der Waals surface area contributed by atoms with Crippen LogP contribution in [0, 0.1) is 20.8 Å². The van der Waals surface area contributed by atoms with Gasteiger partial charge in [0.25, 0.3) is 5.91 Å². The number of benzene rings is 1. The van der Waals surface area contributed by atoms with E-state index in [9.17, 15) is 18.0 Å². The number of aryl methyl sites for hydroxylation is 3. The van der Waals surface area contributed by atoms with E-state index in [0.717, 1.165) is 21.3 Å². The molecule has 0 radical (unpaired) electrons. The number of nitrogens with zero attached hydrogens (tertiary/aromatic N) is 4. The first-order valence-corrected chi connectivity index (χ1v) is 10.8. The largest absolute Gasteiger partial charge is 0.390 e. The molecule has 0 aliphatic carbocycles. The summed E-state index contributed by atoms with van der Waals surface area (Å²) < 4.78 is 41.0. The number of amides is 1. The Kier molecular flexibility index (Phi) is 6.50. The van der Waals surface area contributed by atoms with Crippen LogP contribution in [0.1, 0.15) is 47.1 Å². The molecule has 1 amide bonds. The van der Waals surface area contributed by atoms with Crippen LogP contribution in [-0.2, 0) is 6.54 Å². The first-order chi connectivity index (χ1) is 14.0. The lowest BCUT2D eigenvalue weighted by Gasteiger charge is -2.23. The Balaban J connectivity index is 1.95. The lowest BCUT2D eigenvalue weighted by Crippen LogP contribution is -2.36. The van der Waals surface area contributed by atoms with Gasteiger partial charge in [0, 0.05) is 30.7 Å². The van der Waals surface area contributed by atoms with Crippen molar-refractivity contribution in [1.29, 1.82) is 0 Å². The van der Waals surface area contributed by atoms with Gasteiger partial charge in [-0.15, -0.1) is 0 Å². The molecule has 2 heterocycles. The molecule has 0 saturated heterocycles. The molecular formula is C21H26BrF3N4O. The Bertz CT molecular complexity index is 931. The molecule has 0 spiro atoms. The highest BCUT2D eigenvalue weighted by Gasteiger charge is 2.34. The zero-order valence-electron chi connectivity index (χ0n) is 17.6. The van der Waals surface area contributed by atoms with Crippen LogP contribution < -0.4 is 4.90 Å². The summed E-state index contributed by atoms with van der Waals surface area (Å²) in [5.74, 6) is 0.259. The molecule has 0 saturated carbocycles. The highest BCUT2D eigenvalue weighted by molar-refractivity contribution is 9.10. The number of rotatable bonds is 6. The van der Waals surface area contributed by atoms with Crippen LogP contribution in [0.4, 0.5) is 24.8 Å². The van der Waals surface area contributed by atoms with Gasteiger partial charge in [-0.25, -0.2) is 4.98 Å². The summed E-state index contributed by atoms with van der Waals surface area (Å²) in [4.78, 5) is 21.2. The first kappa shape index (κ1) is 22.7. The highest BCUT2D eigenvalue weighted by atomic mass is 79.9. The fourth-order valence-corrected chi connectivity index (χ4v) is 4.89. The fraction of sp³-hybridized carbons (Fsp3) is 0.524. The van der Waals surface area contributed by atoms with Gasteiger partial charge in [0.05, 0.1) is 17.8 Å². The Morgan fingerprint density at radius 1 is 1.20 bits per heavy atom. The van der Waals surface area contributed by atoms with Crippen LogP contribution in [0.25, 0.3) is 0 Å². The summed E-state index contributed by atoms with van der Waals surface area (Å²) in [7, 11) is 0. The summed E-state index contributed by atoms with van der Waals surface area (Å²) in [6.07, 6.45) is -4.72. The van der Waals surface area contributed by atoms with Crippen molar-refractivity contribution in [2.24, 2.45) is 0 Å². The number of anilines is 2. The number of alkyl halides is 3. The van der Waals surface area contributed by atoms with E-state index in [2.05, 4.69) is 31.9 Å². The molecule has 0 fully saturated rings. The number of fused-ring (bicyclic) bond motifs is 1. The molecule has 2 aromatic rings. The molecule has 0 atom stereocenters. The summed E-state index contributed by atoms with van der Waals surface area (Å²) in [5.41, 5.74) is 4.13. The van der Waals surface area contributed by atoms with E-state index in [0.29, 0.717) is 36.8 Å². The molecule has 1 aliphatic rings. The Morgan fingerprint density at radius 2 is 1.90 bits per heavy atom. The standard InChI is InChI=1S/C21H26BrF3N4O/c1-5-7-27(8-6-21(23,24)25)19(30)18-15(4)26-20-28(9-10-29(18)20)17-14(3)11-13(2)12-16(17)22/h11-12H,5-10H2,1-4H3. The van der Waals surface area contributed by atoms with Crippen molar-refractivity contribution >= 4 is 33.5 Å². The molecule has 1 aromatic heterocycles. The molecule has 1 aromatic carbocycles. The molecule has 3 rings (SSSR count). The van der Waals surface area contributed by atoms with Gasteiger partial charge in [-0.2, -0.15) is 13.2 Å². The van der Waals surface area contributed by atoms with Crippen LogP contribution in [0.2, 0.25) is 0 Å². The maximum absolute atomic E-state index is 13.2. The Morgan fingerprint density at radius 3 is 2.50 bits per heavy atom. The second-order valence-electron chi connectivity index (χ2n) is 7.72. The number of aromatic nitrogens is 2. The van der Waals surface area contributed by atoms with Gasteiger partial charge in [-0.05, 0) is 60.3 Å². The van der Waals surface area contributed by atoms with E-state index in [1.807, 2.05) is 31.4 Å². The van der Waals surface area contributed by atoms with Crippen molar-refractivity contribution in [2.45, 2.75) is 53.3 Å². The number of imidazole rings is 1. The summed E-state index contributed by atoms with van der Waals surface area (Å²) in [6, 6.07) is 4.12. The van der Waals surface area contributed by atoms with Gasteiger partial charge < -0.3 is 14.4 Å². The van der Waals surface area contributed by atoms with E-state index >= 15 is 0 Å². The van der Waals surface area contributed by atoms with Crippen molar-refractivity contribution < 1.29 is 18.0 Å². The third-order valence-corrected chi connectivity index (χ3v) is 5.83. The molecule has 9 heteroatoms. The predicted octanol–water partition coefficient (Wildman–Crippen LogP) is 5.53. The van der Waals surface area contributed by atoms with Crippen molar-refractivity contribution in [1.82, 2.24) is 14.5 Å². The molecular weight excluding hydrogens is 461 g/mol. The maximum Gasteiger partial charge on any atom is 0.390 e. The third kappa shape index (κ3) is 4.50. The number of halogens is 4. The summed E-state index contributed by atoms with van der Waals surface area (Å²) >= 11 is 3.64. The smallest absolute Gasteiger partial charge is 0.337 e. The fourth-order valence-electron chi connectivity index (χ4n) is 4.00. The number of hydrogen-bond donors (Lipinski definition) is 0. The lowest BCUT2D eigenvalue weighted by molar-refractivity contribution is -0.136. The van der Waals surface area contributed by atoms with Crippen LogP contribution >= 0.6 is 15.9 Å². The van der Waals surface area contributed by atoms with E-state index in [-0.39, 0.29) is 19.0 Å². The monoisotopic (exact) mass is 486 g/mol. The van der Waals surface area contributed by atoms with Gasteiger partial charge in [-0.1, -0.05) is 13.0 Å². The Labute approximate surface area is 183 Å². The van der Waals surface area contributed by atoms with Crippen molar-refractivity contribution in [3.8, 4) is 0 Å². The van der Waals surface area contributed by atoms with Crippen LogP contribution in [0.15, 0.2) is 16.6 Å². The molecule has 0 bridgehead atoms. The van der Waals surface area contributed by atoms with Gasteiger partial charge in [-0.3, -0.25) is 4.79 Å². The quantitative estimate of drug-likeness (QED) is 0.539. The van der Waals surface area contributed by atoms with E-state index in [1.54, 1.807) is 6.92 Å². The topological polar surface area (TPSA) is 41.4 Å². The molecule has 164 valence electrons. The van der Waals surface area contributed by atoms with E-state index in [1.165, 1.54) is 4.90 Å². The molecule has 0 N–H and O–H groups in total. The zero-order chi connectivity index (χ0) is 22.2. The Hall–Kier alpha value is -2.03. The maximum atomic E-state index is 13.2. The molecule has 30 heavy (non-hydrogen) atoms. The van der Waals surface area contributed by atoms with Gasteiger partial charge in [0.2, 0.25) is 5.95 Å². The van der Waals surface area contributed by atoms with Gasteiger partial charge in [0.1, 0.15) is 5.69 Å². The predicted molar refractivity (Wildman–Crippen MR) is 114 cm³/mol. The second-order valence-corrected chi connectivity index (χ2v) is 8.57. The third-order valence-electron chi connectivity index (χ3n) is 5.23.